The van der Waals surface area contributed by atoms with E-state index in [2.05, 4.69) is 25.6 Å². The van der Waals surface area contributed by atoms with E-state index in [-0.39, 0.29) is 9.90 Å². The summed E-state index contributed by atoms with van der Waals surface area (Å²) >= 11 is 3.93. The summed E-state index contributed by atoms with van der Waals surface area (Å²) in [6.07, 6.45) is -1.71. The fourth-order valence-corrected chi connectivity index (χ4v) is 4.71. The summed E-state index contributed by atoms with van der Waals surface area (Å²) in [6, 6.07) is 9.29. The third kappa shape index (κ3) is 4.08. The first-order chi connectivity index (χ1) is 12.3. The van der Waals surface area contributed by atoms with Gasteiger partial charge in [0.1, 0.15) is 10.8 Å². The van der Waals surface area contributed by atoms with Crippen LogP contribution in [0.3, 0.4) is 0 Å². The molecule has 1 aromatic heterocycles. The summed E-state index contributed by atoms with van der Waals surface area (Å²) in [6.45, 7) is 0. The molecule has 2 aromatic carbocycles. The lowest BCUT2D eigenvalue weighted by Crippen LogP contribution is -2.13. The van der Waals surface area contributed by atoms with Gasteiger partial charge in [-0.3, -0.25) is 4.72 Å². The average molecular weight is 463 g/mol. The minimum absolute atomic E-state index is 0.139. The molecule has 3 aromatic rings. The van der Waals surface area contributed by atoms with Gasteiger partial charge in [-0.25, -0.2) is 26.6 Å². The molecule has 1 heterocycles. The van der Waals surface area contributed by atoms with Crippen molar-refractivity contribution in [3.63, 3.8) is 0 Å². The number of nitrogens with one attached hydrogen (secondary N) is 1. The summed E-state index contributed by atoms with van der Waals surface area (Å²) in [5.41, 5.74) is -0.0964. The summed E-state index contributed by atoms with van der Waals surface area (Å²) in [4.78, 5) is 4.02. The lowest BCUT2D eigenvalue weighted by atomic mass is 10.2. The van der Waals surface area contributed by atoms with Crippen LogP contribution < -0.4 is 4.72 Å². The Morgan fingerprint density at radius 3 is 2.46 bits per heavy atom. The van der Waals surface area contributed by atoms with Crippen LogP contribution in [-0.2, 0) is 10.0 Å². The highest BCUT2D eigenvalue weighted by Crippen LogP contribution is 2.33. The molecule has 4 nitrogen and oxygen atoms in total. The highest BCUT2D eigenvalue weighted by molar-refractivity contribution is 9.10. The standard InChI is InChI=1S/C16H10BrF3N2O2S2/c17-10-3-6-13(12(7-10)15(19)20)22-26(23,24)14-8-21-16(25-14)9-1-4-11(18)5-2-9/h1-8,15,22H. The van der Waals surface area contributed by atoms with Gasteiger partial charge >= 0.3 is 0 Å². The zero-order valence-electron chi connectivity index (χ0n) is 12.8. The molecule has 0 bridgehead atoms. The fraction of sp³-hybridized carbons (Fsp3) is 0.0625. The molecule has 0 radical (unpaired) electrons. The van der Waals surface area contributed by atoms with Crippen LogP contribution in [0.1, 0.15) is 12.0 Å². The van der Waals surface area contributed by atoms with Crippen LogP contribution in [-0.4, -0.2) is 13.4 Å². The lowest BCUT2D eigenvalue weighted by molar-refractivity contribution is 0.152. The second-order valence-corrected chi connectivity index (χ2v) is 8.98. The number of halogens is 4. The molecule has 26 heavy (non-hydrogen) atoms. The van der Waals surface area contributed by atoms with Crippen molar-refractivity contribution >= 4 is 43.0 Å². The molecule has 1 N–H and O–H groups in total. The molecule has 0 atom stereocenters. The number of anilines is 1. The maximum Gasteiger partial charge on any atom is 0.273 e. The highest BCUT2D eigenvalue weighted by atomic mass is 79.9. The minimum atomic E-state index is -4.09. The Labute approximate surface area is 159 Å². The number of benzene rings is 2. The van der Waals surface area contributed by atoms with Crippen LogP contribution >= 0.6 is 27.3 Å². The molecule has 3 rings (SSSR count). The van der Waals surface area contributed by atoms with E-state index in [1.54, 1.807) is 0 Å². The number of nitrogens with zero attached hydrogens (tertiary/aromatic N) is 1. The molecule has 10 heteroatoms. The lowest BCUT2D eigenvalue weighted by Gasteiger charge is -2.11. The fourth-order valence-electron chi connectivity index (χ4n) is 2.11. The maximum atomic E-state index is 13.1. The largest absolute Gasteiger partial charge is 0.278 e. The van der Waals surface area contributed by atoms with E-state index in [0.29, 0.717) is 15.0 Å². The van der Waals surface area contributed by atoms with Crippen molar-refractivity contribution in [2.45, 2.75) is 10.6 Å². The number of alkyl halides is 2. The first-order valence-electron chi connectivity index (χ1n) is 7.08. The van der Waals surface area contributed by atoms with Gasteiger partial charge in [-0.2, -0.15) is 0 Å². The summed E-state index contributed by atoms with van der Waals surface area (Å²) in [5.74, 6) is -0.422. The quantitative estimate of drug-likeness (QED) is 0.548. The third-order valence-corrected chi connectivity index (χ3v) is 6.70. The smallest absolute Gasteiger partial charge is 0.273 e. The van der Waals surface area contributed by atoms with E-state index in [9.17, 15) is 21.6 Å². The molecule has 0 saturated heterocycles. The number of hydrogen-bond donors (Lipinski definition) is 1. The van der Waals surface area contributed by atoms with E-state index < -0.39 is 27.8 Å². The molecule has 136 valence electrons. The summed E-state index contributed by atoms with van der Waals surface area (Å²) < 4.78 is 66.7. The molecule has 0 spiro atoms. The van der Waals surface area contributed by atoms with Crippen molar-refractivity contribution in [1.82, 2.24) is 4.98 Å². The molecule has 0 amide bonds. The van der Waals surface area contributed by atoms with Crippen LogP contribution in [0, 0.1) is 5.82 Å². The Hall–Kier alpha value is -1.91. The van der Waals surface area contributed by atoms with Gasteiger partial charge in [0.15, 0.2) is 4.21 Å². The van der Waals surface area contributed by atoms with E-state index in [0.717, 1.165) is 23.6 Å². The number of hydrogen-bond acceptors (Lipinski definition) is 4. The van der Waals surface area contributed by atoms with Crippen LogP contribution in [0.4, 0.5) is 18.9 Å². The predicted octanol–water partition coefficient (Wildman–Crippen LogP) is 5.45. The maximum absolute atomic E-state index is 13.1. The Kier molecular flexibility index (Phi) is 5.35. The number of rotatable bonds is 5. The van der Waals surface area contributed by atoms with E-state index in [1.807, 2.05) is 0 Å². The molecule has 0 fully saturated rings. The monoisotopic (exact) mass is 462 g/mol. The van der Waals surface area contributed by atoms with E-state index in [4.69, 9.17) is 0 Å². The second kappa shape index (κ2) is 7.37. The van der Waals surface area contributed by atoms with Crippen LogP contribution in [0.5, 0.6) is 0 Å². The number of aromatic nitrogens is 1. The van der Waals surface area contributed by atoms with Crippen molar-refractivity contribution in [2.75, 3.05) is 4.72 Å². The zero-order valence-corrected chi connectivity index (χ0v) is 16.0. The molecule has 0 aliphatic heterocycles. The molecule has 0 aliphatic rings. The van der Waals surface area contributed by atoms with Gasteiger partial charge in [0.25, 0.3) is 16.4 Å². The molecule has 0 saturated carbocycles. The van der Waals surface area contributed by atoms with Gasteiger partial charge in [0.2, 0.25) is 0 Å². The molecular weight excluding hydrogens is 453 g/mol. The van der Waals surface area contributed by atoms with Crippen LogP contribution in [0.25, 0.3) is 10.6 Å². The number of sulfonamides is 1. The van der Waals surface area contributed by atoms with Gasteiger partial charge in [0, 0.05) is 15.6 Å². The first kappa shape index (κ1) is 18.9. The third-order valence-electron chi connectivity index (χ3n) is 3.33. The Bertz CT molecular complexity index is 1040. The van der Waals surface area contributed by atoms with Crippen molar-refractivity contribution in [3.05, 3.63) is 64.5 Å². The van der Waals surface area contributed by atoms with Gasteiger partial charge in [0.05, 0.1) is 11.9 Å². The van der Waals surface area contributed by atoms with Crippen LogP contribution in [0.2, 0.25) is 0 Å². The van der Waals surface area contributed by atoms with E-state index in [1.165, 1.54) is 36.4 Å². The van der Waals surface area contributed by atoms with Crippen molar-refractivity contribution in [2.24, 2.45) is 0 Å². The molecule has 0 unspecified atom stereocenters. The zero-order chi connectivity index (χ0) is 18.9. The van der Waals surface area contributed by atoms with Crippen molar-refractivity contribution in [1.29, 1.82) is 0 Å². The van der Waals surface area contributed by atoms with Gasteiger partial charge < -0.3 is 0 Å². The van der Waals surface area contributed by atoms with Crippen LogP contribution in [0.15, 0.2) is 57.3 Å². The predicted molar refractivity (Wildman–Crippen MR) is 97.4 cm³/mol. The summed E-state index contributed by atoms with van der Waals surface area (Å²) in [5, 5.41) is 0.371. The van der Waals surface area contributed by atoms with Crippen molar-refractivity contribution in [3.8, 4) is 10.6 Å². The summed E-state index contributed by atoms with van der Waals surface area (Å²) in [7, 11) is -4.09. The minimum Gasteiger partial charge on any atom is -0.278 e. The first-order valence-corrected chi connectivity index (χ1v) is 10.2. The molecular formula is C16H10BrF3N2O2S2. The number of thiazole rings is 1. The van der Waals surface area contributed by atoms with Crippen molar-refractivity contribution < 1.29 is 21.6 Å². The Morgan fingerprint density at radius 1 is 1.12 bits per heavy atom. The van der Waals surface area contributed by atoms with E-state index >= 15 is 0 Å². The second-order valence-electron chi connectivity index (χ2n) is 5.13. The van der Waals surface area contributed by atoms with Gasteiger partial charge in [-0.15, -0.1) is 11.3 Å². The highest BCUT2D eigenvalue weighted by Gasteiger charge is 2.22. The van der Waals surface area contributed by atoms with Gasteiger partial charge in [-0.1, -0.05) is 15.9 Å². The topological polar surface area (TPSA) is 59.1 Å². The normalized spacial score (nSPS) is 11.7. The van der Waals surface area contributed by atoms with Gasteiger partial charge in [-0.05, 0) is 42.5 Å². The average Bonchev–Trinajstić information content (AvgIpc) is 3.08. The SMILES string of the molecule is O=S(=O)(Nc1ccc(Br)cc1C(F)F)c1cnc(-c2ccc(F)cc2)s1. The molecule has 0 aliphatic carbocycles. The Balaban J connectivity index is 1.91. The Morgan fingerprint density at radius 2 is 1.81 bits per heavy atom.